The summed E-state index contributed by atoms with van der Waals surface area (Å²) in [5.74, 6) is 1.37. The molecule has 1 N–H and O–H groups in total. The number of unbranched alkanes of at least 4 members (excludes halogenated alkanes) is 11. The Morgan fingerprint density at radius 1 is 0.800 bits per heavy atom. The quantitative estimate of drug-likeness (QED) is 0.198. The molecule has 0 unspecified atom stereocenters. The van der Waals surface area contributed by atoms with Crippen LogP contribution in [0.4, 0.5) is 0 Å². The molecule has 1 amide bonds. The highest BCUT2D eigenvalue weighted by molar-refractivity contribution is 7.98. The Labute approximate surface area is 162 Å². The Kier molecular flexibility index (Phi) is 21.2. The van der Waals surface area contributed by atoms with E-state index in [1.165, 1.54) is 77.0 Å². The molecule has 2 nitrogen and oxygen atoms in total. The van der Waals surface area contributed by atoms with Crippen molar-refractivity contribution >= 4 is 17.7 Å². The first-order valence-electron chi connectivity index (χ1n) is 10.7. The van der Waals surface area contributed by atoms with E-state index in [-0.39, 0.29) is 5.91 Å². The van der Waals surface area contributed by atoms with Crippen LogP contribution >= 0.6 is 11.8 Å². The predicted octanol–water partition coefficient (Wildman–Crippen LogP) is 6.89. The average Bonchev–Trinajstić information content (AvgIpc) is 2.62. The highest BCUT2D eigenvalue weighted by Gasteiger charge is 1.99. The van der Waals surface area contributed by atoms with Gasteiger partial charge in [0.05, 0.1) is 0 Å². The van der Waals surface area contributed by atoms with Crippen molar-refractivity contribution in [2.75, 3.05) is 18.6 Å². The molecule has 0 aliphatic rings. The van der Waals surface area contributed by atoms with Gasteiger partial charge >= 0.3 is 0 Å². The van der Waals surface area contributed by atoms with Gasteiger partial charge < -0.3 is 5.32 Å². The van der Waals surface area contributed by atoms with E-state index in [9.17, 15) is 4.79 Å². The molecule has 0 radical (unpaired) electrons. The van der Waals surface area contributed by atoms with Crippen LogP contribution < -0.4 is 5.32 Å². The largest absolute Gasteiger partial charge is 0.356 e. The molecule has 0 aromatic heterocycles. The number of nitrogens with one attached hydrogen (secondary N) is 1. The van der Waals surface area contributed by atoms with E-state index in [0.29, 0.717) is 6.42 Å². The van der Waals surface area contributed by atoms with Crippen LogP contribution in [0, 0.1) is 0 Å². The summed E-state index contributed by atoms with van der Waals surface area (Å²) < 4.78 is 0. The third-order valence-electron chi connectivity index (χ3n) is 4.51. The lowest BCUT2D eigenvalue weighted by Gasteiger charge is -2.04. The summed E-state index contributed by atoms with van der Waals surface area (Å²) in [6.07, 6.45) is 25.6. The summed E-state index contributed by atoms with van der Waals surface area (Å²) in [5, 5.41) is 3.01. The lowest BCUT2D eigenvalue weighted by Crippen LogP contribution is -2.24. The lowest BCUT2D eigenvalue weighted by atomic mass is 10.1. The molecular formula is C22H43NOS. The predicted molar refractivity (Wildman–Crippen MR) is 115 cm³/mol. The normalized spacial score (nSPS) is 11.3. The van der Waals surface area contributed by atoms with Gasteiger partial charge in [-0.2, -0.15) is 11.8 Å². The highest BCUT2D eigenvalue weighted by Crippen LogP contribution is 2.10. The molecule has 0 saturated carbocycles. The molecule has 0 aliphatic carbocycles. The topological polar surface area (TPSA) is 29.1 Å². The Morgan fingerprint density at radius 3 is 1.96 bits per heavy atom. The first-order valence-corrected chi connectivity index (χ1v) is 12.1. The van der Waals surface area contributed by atoms with Crippen LogP contribution in [0.5, 0.6) is 0 Å². The molecule has 0 saturated heterocycles. The SMILES string of the molecule is CCCCCCCC/C=C\CCCCCCCC(=O)NCCCSC. The van der Waals surface area contributed by atoms with E-state index >= 15 is 0 Å². The zero-order valence-corrected chi connectivity index (χ0v) is 17.8. The number of hydrogen-bond donors (Lipinski definition) is 1. The van der Waals surface area contributed by atoms with Crippen molar-refractivity contribution < 1.29 is 4.79 Å². The monoisotopic (exact) mass is 369 g/mol. The van der Waals surface area contributed by atoms with Gasteiger partial charge in [-0.1, -0.05) is 70.4 Å². The molecule has 0 fully saturated rings. The zero-order chi connectivity index (χ0) is 18.4. The van der Waals surface area contributed by atoms with Crippen molar-refractivity contribution in [1.82, 2.24) is 5.32 Å². The summed E-state index contributed by atoms with van der Waals surface area (Å²) >= 11 is 1.84. The highest BCUT2D eigenvalue weighted by atomic mass is 32.2. The van der Waals surface area contributed by atoms with Crippen molar-refractivity contribution in [1.29, 1.82) is 0 Å². The molecule has 148 valence electrons. The van der Waals surface area contributed by atoms with Crippen molar-refractivity contribution in [3.05, 3.63) is 12.2 Å². The van der Waals surface area contributed by atoms with E-state index in [1.54, 1.807) is 0 Å². The van der Waals surface area contributed by atoms with Crippen molar-refractivity contribution in [3.8, 4) is 0 Å². The summed E-state index contributed by atoms with van der Waals surface area (Å²) in [6.45, 7) is 3.11. The van der Waals surface area contributed by atoms with E-state index in [1.807, 2.05) is 11.8 Å². The van der Waals surface area contributed by atoms with Gasteiger partial charge in [0.25, 0.3) is 0 Å². The number of amides is 1. The summed E-state index contributed by atoms with van der Waals surface area (Å²) in [5.41, 5.74) is 0. The Morgan fingerprint density at radius 2 is 1.36 bits per heavy atom. The standard InChI is InChI=1S/C22H43NOS/c1-3-4-5-6-7-8-9-10-11-12-13-14-15-16-17-19-22(24)23-20-18-21-25-2/h10-11H,3-9,12-21H2,1-2H3,(H,23,24)/b11-10-. The molecule has 25 heavy (non-hydrogen) atoms. The van der Waals surface area contributed by atoms with Crippen molar-refractivity contribution in [2.24, 2.45) is 0 Å². The first kappa shape index (κ1) is 24.6. The molecule has 0 aromatic rings. The molecule has 0 atom stereocenters. The van der Waals surface area contributed by atoms with Gasteiger partial charge in [0.15, 0.2) is 0 Å². The van der Waals surface area contributed by atoms with Crippen LogP contribution in [-0.4, -0.2) is 24.5 Å². The maximum atomic E-state index is 11.6. The van der Waals surface area contributed by atoms with Crippen LogP contribution in [0.1, 0.15) is 103 Å². The first-order chi connectivity index (χ1) is 12.3. The van der Waals surface area contributed by atoms with Gasteiger partial charge in [0, 0.05) is 13.0 Å². The molecule has 0 rings (SSSR count). The minimum atomic E-state index is 0.235. The smallest absolute Gasteiger partial charge is 0.219 e. The lowest BCUT2D eigenvalue weighted by molar-refractivity contribution is -0.121. The maximum absolute atomic E-state index is 11.6. The van der Waals surface area contributed by atoms with Crippen LogP contribution in [0.2, 0.25) is 0 Å². The van der Waals surface area contributed by atoms with Crippen LogP contribution in [0.3, 0.4) is 0 Å². The van der Waals surface area contributed by atoms with Gasteiger partial charge in [-0.25, -0.2) is 0 Å². The number of carbonyl (C=O) groups excluding carboxylic acids is 1. The molecule has 0 heterocycles. The number of hydrogen-bond acceptors (Lipinski definition) is 2. The van der Waals surface area contributed by atoms with Crippen molar-refractivity contribution in [3.63, 3.8) is 0 Å². The summed E-state index contributed by atoms with van der Waals surface area (Å²) in [4.78, 5) is 11.6. The second-order valence-electron chi connectivity index (χ2n) is 7.03. The number of thioether (sulfide) groups is 1. The average molecular weight is 370 g/mol. The fourth-order valence-electron chi connectivity index (χ4n) is 2.89. The second kappa shape index (κ2) is 21.6. The van der Waals surface area contributed by atoms with Crippen molar-refractivity contribution in [2.45, 2.75) is 103 Å². The zero-order valence-electron chi connectivity index (χ0n) is 17.0. The molecular weight excluding hydrogens is 326 g/mol. The van der Waals surface area contributed by atoms with Gasteiger partial charge in [0.1, 0.15) is 0 Å². The number of carbonyl (C=O) groups is 1. The Bertz CT molecular complexity index is 304. The molecule has 0 spiro atoms. The maximum Gasteiger partial charge on any atom is 0.219 e. The van der Waals surface area contributed by atoms with Crippen LogP contribution in [0.15, 0.2) is 12.2 Å². The fourth-order valence-corrected chi connectivity index (χ4v) is 3.32. The second-order valence-corrected chi connectivity index (χ2v) is 8.02. The van der Waals surface area contributed by atoms with E-state index in [4.69, 9.17) is 0 Å². The molecule has 3 heteroatoms. The van der Waals surface area contributed by atoms with Crippen LogP contribution in [0.25, 0.3) is 0 Å². The third-order valence-corrected chi connectivity index (χ3v) is 5.21. The molecule has 0 bridgehead atoms. The molecule has 0 aromatic carbocycles. The van der Waals surface area contributed by atoms with E-state index in [0.717, 1.165) is 25.1 Å². The van der Waals surface area contributed by atoms with Gasteiger partial charge in [-0.05, 0) is 50.5 Å². The minimum absolute atomic E-state index is 0.235. The fraction of sp³-hybridized carbons (Fsp3) is 0.864. The minimum Gasteiger partial charge on any atom is -0.356 e. The summed E-state index contributed by atoms with van der Waals surface area (Å²) in [6, 6.07) is 0. The Balaban J connectivity index is 3.17. The number of allylic oxidation sites excluding steroid dienone is 2. The third kappa shape index (κ3) is 21.5. The van der Waals surface area contributed by atoms with Gasteiger partial charge in [0.2, 0.25) is 5.91 Å². The Hall–Kier alpha value is -0.440. The number of rotatable bonds is 19. The van der Waals surface area contributed by atoms with Crippen LogP contribution in [-0.2, 0) is 4.79 Å². The van der Waals surface area contributed by atoms with E-state index < -0.39 is 0 Å². The summed E-state index contributed by atoms with van der Waals surface area (Å²) in [7, 11) is 0. The van der Waals surface area contributed by atoms with E-state index in [2.05, 4.69) is 30.6 Å². The molecule has 0 aliphatic heterocycles. The van der Waals surface area contributed by atoms with Gasteiger partial charge in [-0.3, -0.25) is 4.79 Å². The van der Waals surface area contributed by atoms with Gasteiger partial charge in [-0.15, -0.1) is 0 Å².